The summed E-state index contributed by atoms with van der Waals surface area (Å²) in [5.74, 6) is 0.750. The number of aromatic amines is 1. The average Bonchev–Trinajstić information content (AvgIpc) is 3.01. The van der Waals surface area contributed by atoms with Gasteiger partial charge in [0.15, 0.2) is 0 Å². The van der Waals surface area contributed by atoms with E-state index < -0.39 is 0 Å². The molecule has 4 nitrogen and oxygen atoms in total. The van der Waals surface area contributed by atoms with Crippen LogP contribution >= 0.6 is 0 Å². The molecule has 0 saturated heterocycles. The molecule has 108 valence electrons. The Morgan fingerprint density at radius 2 is 2.33 bits per heavy atom. The molecule has 1 aromatic heterocycles. The van der Waals surface area contributed by atoms with Crippen molar-refractivity contribution in [2.45, 2.75) is 18.9 Å². The highest BCUT2D eigenvalue weighted by Crippen LogP contribution is 2.29. The van der Waals surface area contributed by atoms with Gasteiger partial charge < -0.3 is 15.0 Å². The number of allylic oxidation sites excluding steroid dienone is 1. The lowest BCUT2D eigenvalue weighted by Crippen LogP contribution is -2.29. The van der Waals surface area contributed by atoms with Crippen LogP contribution < -0.4 is 10.1 Å². The number of carbonyl (C=O) groups excluding carboxylic acids is 1. The quantitative estimate of drug-likeness (QED) is 0.906. The van der Waals surface area contributed by atoms with E-state index in [1.54, 1.807) is 7.11 Å². The van der Waals surface area contributed by atoms with Crippen LogP contribution in [-0.4, -0.2) is 18.0 Å². The fourth-order valence-corrected chi connectivity index (χ4v) is 2.63. The predicted molar refractivity (Wildman–Crippen MR) is 82.0 cm³/mol. The zero-order valence-corrected chi connectivity index (χ0v) is 11.9. The number of ether oxygens (including phenoxy) is 1. The van der Waals surface area contributed by atoms with E-state index in [1.165, 1.54) is 0 Å². The Morgan fingerprint density at radius 1 is 1.43 bits per heavy atom. The van der Waals surface area contributed by atoms with Gasteiger partial charge in [-0.25, -0.2) is 0 Å². The number of H-pyrrole nitrogens is 1. The largest absolute Gasteiger partial charge is 0.497 e. The fraction of sp³-hybridized carbons (Fsp3) is 0.235. The highest BCUT2D eigenvalue weighted by Gasteiger charge is 2.24. The molecule has 1 unspecified atom stereocenters. The lowest BCUT2D eigenvalue weighted by Gasteiger charge is -2.18. The lowest BCUT2D eigenvalue weighted by atomic mass is 9.90. The summed E-state index contributed by atoms with van der Waals surface area (Å²) < 4.78 is 5.19. The standard InChI is InChI=1S/C17H18N2O2/c1-21-13-5-2-4-12(10-13)11-19-17(20)15-6-3-7-16-14(15)8-9-18-16/h2-5,7-10,15,18H,6,11H2,1H3,(H,19,20). The minimum atomic E-state index is -0.109. The Hall–Kier alpha value is -2.49. The summed E-state index contributed by atoms with van der Waals surface area (Å²) >= 11 is 0. The molecule has 1 amide bonds. The molecule has 4 heteroatoms. The van der Waals surface area contributed by atoms with E-state index in [0.717, 1.165) is 29.0 Å². The van der Waals surface area contributed by atoms with Gasteiger partial charge >= 0.3 is 0 Å². The molecule has 0 fully saturated rings. The zero-order valence-electron chi connectivity index (χ0n) is 11.9. The highest BCUT2D eigenvalue weighted by atomic mass is 16.5. The van der Waals surface area contributed by atoms with Crippen LogP contribution in [0.25, 0.3) is 6.08 Å². The fourth-order valence-electron chi connectivity index (χ4n) is 2.63. The number of hydrogen-bond acceptors (Lipinski definition) is 2. The second-order valence-electron chi connectivity index (χ2n) is 5.11. The first-order chi connectivity index (χ1) is 10.3. The van der Waals surface area contributed by atoms with Gasteiger partial charge in [0.25, 0.3) is 0 Å². The van der Waals surface area contributed by atoms with E-state index >= 15 is 0 Å². The normalized spacial score (nSPS) is 16.3. The molecule has 0 bridgehead atoms. The summed E-state index contributed by atoms with van der Waals surface area (Å²) in [6.45, 7) is 0.510. The Labute approximate surface area is 123 Å². The van der Waals surface area contributed by atoms with E-state index in [9.17, 15) is 4.79 Å². The van der Waals surface area contributed by atoms with Crippen molar-refractivity contribution in [1.29, 1.82) is 0 Å². The van der Waals surface area contributed by atoms with Crippen LogP contribution in [0.1, 0.15) is 29.2 Å². The van der Waals surface area contributed by atoms with Crippen LogP contribution in [0.3, 0.4) is 0 Å². The van der Waals surface area contributed by atoms with Crippen molar-refractivity contribution in [3.05, 3.63) is 59.4 Å². The smallest absolute Gasteiger partial charge is 0.228 e. The molecule has 2 aromatic rings. The number of fused-ring (bicyclic) bond motifs is 1. The van der Waals surface area contributed by atoms with Crippen LogP contribution in [0.4, 0.5) is 0 Å². The Kier molecular flexibility index (Phi) is 3.77. The van der Waals surface area contributed by atoms with E-state index in [2.05, 4.69) is 10.3 Å². The Balaban J connectivity index is 1.66. The molecular formula is C17H18N2O2. The minimum absolute atomic E-state index is 0.0584. The van der Waals surface area contributed by atoms with Gasteiger partial charge in [0.1, 0.15) is 5.75 Å². The maximum Gasteiger partial charge on any atom is 0.228 e. The zero-order chi connectivity index (χ0) is 14.7. The summed E-state index contributed by atoms with van der Waals surface area (Å²) in [5, 5.41) is 3.01. The van der Waals surface area contributed by atoms with Gasteiger partial charge in [-0.15, -0.1) is 0 Å². The molecule has 0 saturated carbocycles. The number of methoxy groups -OCH3 is 1. The topological polar surface area (TPSA) is 54.1 Å². The lowest BCUT2D eigenvalue weighted by molar-refractivity contribution is -0.122. The number of amides is 1. The first-order valence-corrected chi connectivity index (χ1v) is 7.02. The summed E-state index contributed by atoms with van der Waals surface area (Å²) in [5.41, 5.74) is 3.13. The van der Waals surface area contributed by atoms with Crippen molar-refractivity contribution < 1.29 is 9.53 Å². The van der Waals surface area contributed by atoms with Crippen LogP contribution in [0.15, 0.2) is 42.6 Å². The SMILES string of the molecule is COc1cccc(CNC(=O)C2CC=Cc3[nH]ccc32)c1. The molecule has 1 aliphatic rings. The molecular weight excluding hydrogens is 264 g/mol. The molecule has 1 aromatic carbocycles. The Morgan fingerprint density at radius 3 is 3.19 bits per heavy atom. The van der Waals surface area contributed by atoms with Crippen molar-refractivity contribution in [2.75, 3.05) is 7.11 Å². The van der Waals surface area contributed by atoms with Gasteiger partial charge in [0.05, 0.1) is 13.0 Å². The van der Waals surface area contributed by atoms with E-state index in [-0.39, 0.29) is 11.8 Å². The summed E-state index contributed by atoms with van der Waals surface area (Å²) in [7, 11) is 1.64. The first-order valence-electron chi connectivity index (χ1n) is 7.02. The van der Waals surface area contributed by atoms with Crippen molar-refractivity contribution in [2.24, 2.45) is 0 Å². The van der Waals surface area contributed by atoms with E-state index in [0.29, 0.717) is 6.54 Å². The molecule has 1 heterocycles. The van der Waals surface area contributed by atoms with Gasteiger partial charge in [-0.3, -0.25) is 4.79 Å². The molecule has 0 aliphatic heterocycles. The average molecular weight is 282 g/mol. The number of rotatable bonds is 4. The van der Waals surface area contributed by atoms with Gasteiger partial charge in [-0.2, -0.15) is 0 Å². The van der Waals surface area contributed by atoms with Gasteiger partial charge in [-0.05, 0) is 41.8 Å². The minimum Gasteiger partial charge on any atom is -0.497 e. The third-order valence-corrected chi connectivity index (χ3v) is 3.76. The van der Waals surface area contributed by atoms with Crippen LogP contribution in [0.2, 0.25) is 0 Å². The maximum absolute atomic E-state index is 12.4. The molecule has 1 aliphatic carbocycles. The second-order valence-corrected chi connectivity index (χ2v) is 5.11. The van der Waals surface area contributed by atoms with Crippen molar-refractivity contribution in [1.82, 2.24) is 10.3 Å². The third kappa shape index (κ3) is 2.84. The molecule has 3 rings (SSSR count). The Bertz CT molecular complexity index is 673. The molecule has 0 radical (unpaired) electrons. The van der Waals surface area contributed by atoms with Crippen LogP contribution in [0.5, 0.6) is 5.75 Å². The molecule has 0 spiro atoms. The summed E-state index contributed by atoms with van der Waals surface area (Å²) in [6.07, 6.45) is 6.69. The summed E-state index contributed by atoms with van der Waals surface area (Å²) in [4.78, 5) is 15.5. The molecule has 21 heavy (non-hydrogen) atoms. The number of carbonyl (C=O) groups is 1. The highest BCUT2D eigenvalue weighted by molar-refractivity contribution is 5.86. The number of aromatic nitrogens is 1. The number of nitrogens with one attached hydrogen (secondary N) is 2. The first kappa shape index (κ1) is 13.5. The number of hydrogen-bond donors (Lipinski definition) is 2. The van der Waals surface area contributed by atoms with Crippen molar-refractivity contribution in [3.8, 4) is 5.75 Å². The third-order valence-electron chi connectivity index (χ3n) is 3.76. The van der Waals surface area contributed by atoms with Crippen molar-refractivity contribution in [3.63, 3.8) is 0 Å². The van der Waals surface area contributed by atoms with E-state index in [4.69, 9.17) is 4.74 Å². The van der Waals surface area contributed by atoms with Crippen LogP contribution in [-0.2, 0) is 11.3 Å². The van der Waals surface area contributed by atoms with Gasteiger partial charge in [-0.1, -0.05) is 18.2 Å². The molecule has 1 atom stereocenters. The van der Waals surface area contributed by atoms with Gasteiger partial charge in [0.2, 0.25) is 5.91 Å². The van der Waals surface area contributed by atoms with E-state index in [1.807, 2.05) is 48.7 Å². The maximum atomic E-state index is 12.4. The number of benzene rings is 1. The summed E-state index contributed by atoms with van der Waals surface area (Å²) in [6, 6.07) is 9.71. The second kappa shape index (κ2) is 5.87. The monoisotopic (exact) mass is 282 g/mol. The van der Waals surface area contributed by atoms with Crippen molar-refractivity contribution >= 4 is 12.0 Å². The van der Waals surface area contributed by atoms with Gasteiger partial charge in [0, 0.05) is 18.4 Å². The van der Waals surface area contributed by atoms with Crippen LogP contribution in [0, 0.1) is 0 Å². The predicted octanol–water partition coefficient (Wildman–Crippen LogP) is 2.84. The molecule has 2 N–H and O–H groups in total.